The molecule has 1 heterocycles. The number of nitrogens with zero attached hydrogens (tertiary/aromatic N) is 2. The van der Waals surface area contributed by atoms with Crippen LogP contribution >= 0.6 is 0 Å². The first kappa shape index (κ1) is 12.0. The zero-order chi connectivity index (χ0) is 12.6. The summed E-state index contributed by atoms with van der Waals surface area (Å²) in [6, 6.07) is 4.33. The van der Waals surface area contributed by atoms with Gasteiger partial charge in [0.15, 0.2) is 0 Å². The Hall–Kier alpha value is -1.44. The van der Waals surface area contributed by atoms with Gasteiger partial charge in [0, 0.05) is 6.20 Å². The molecular formula is C15H20N2. The molecule has 0 atom stereocenters. The summed E-state index contributed by atoms with van der Waals surface area (Å²) >= 11 is 0. The molecule has 17 heavy (non-hydrogen) atoms. The van der Waals surface area contributed by atoms with Crippen LogP contribution in [0.15, 0.2) is 18.3 Å². The summed E-state index contributed by atoms with van der Waals surface area (Å²) in [6.07, 6.45) is 1.90. The first-order chi connectivity index (χ1) is 7.99. The predicted octanol–water partition coefficient (Wildman–Crippen LogP) is 4.19. The van der Waals surface area contributed by atoms with Crippen molar-refractivity contribution in [2.45, 2.75) is 46.5 Å². The van der Waals surface area contributed by atoms with Crippen molar-refractivity contribution in [1.82, 2.24) is 9.97 Å². The van der Waals surface area contributed by atoms with E-state index >= 15 is 0 Å². The Morgan fingerprint density at radius 3 is 2.24 bits per heavy atom. The van der Waals surface area contributed by atoms with Crippen LogP contribution < -0.4 is 0 Å². The number of benzene rings is 1. The number of hydrogen-bond donors (Lipinski definition) is 0. The van der Waals surface area contributed by atoms with E-state index in [4.69, 9.17) is 0 Å². The summed E-state index contributed by atoms with van der Waals surface area (Å²) < 4.78 is 0. The molecule has 0 amide bonds. The highest BCUT2D eigenvalue weighted by atomic mass is 14.8. The maximum absolute atomic E-state index is 4.67. The molecule has 0 fully saturated rings. The minimum absolute atomic E-state index is 0.428. The normalized spacial score (nSPS) is 11.7. The molecule has 0 aliphatic rings. The topological polar surface area (TPSA) is 25.8 Å². The number of fused-ring (bicyclic) bond motifs is 1. The van der Waals surface area contributed by atoms with Crippen molar-refractivity contribution in [3.8, 4) is 0 Å². The summed E-state index contributed by atoms with van der Waals surface area (Å²) in [6.45, 7) is 10.9. The van der Waals surface area contributed by atoms with Gasteiger partial charge in [-0.1, -0.05) is 27.7 Å². The molecule has 0 bridgehead atoms. The Labute approximate surface area is 103 Å². The van der Waals surface area contributed by atoms with Crippen LogP contribution in [0, 0.1) is 6.92 Å². The quantitative estimate of drug-likeness (QED) is 0.770. The smallest absolute Gasteiger partial charge is 0.0893 e. The van der Waals surface area contributed by atoms with Gasteiger partial charge in [-0.05, 0) is 42.0 Å². The summed E-state index contributed by atoms with van der Waals surface area (Å²) in [5.74, 6) is 0.961. The third-order valence-corrected chi connectivity index (χ3v) is 3.16. The molecule has 2 heteroatoms. The monoisotopic (exact) mass is 228 g/mol. The van der Waals surface area contributed by atoms with Gasteiger partial charge in [0.25, 0.3) is 0 Å². The lowest BCUT2D eigenvalue weighted by atomic mass is 9.97. The molecule has 2 aromatic rings. The fraction of sp³-hybridized carbons (Fsp3) is 0.467. The molecule has 1 aromatic heterocycles. The molecule has 90 valence electrons. The molecule has 0 aliphatic heterocycles. The van der Waals surface area contributed by atoms with Crippen molar-refractivity contribution in [2.24, 2.45) is 0 Å². The molecule has 0 N–H and O–H groups in total. The lowest BCUT2D eigenvalue weighted by Gasteiger charge is -2.12. The largest absolute Gasteiger partial charge is 0.253 e. The van der Waals surface area contributed by atoms with E-state index in [0.717, 1.165) is 16.7 Å². The molecule has 0 unspecified atom stereocenters. The third-order valence-electron chi connectivity index (χ3n) is 3.16. The number of rotatable bonds is 2. The van der Waals surface area contributed by atoms with E-state index in [1.54, 1.807) is 0 Å². The average Bonchev–Trinajstić information content (AvgIpc) is 2.26. The molecular weight excluding hydrogens is 208 g/mol. The van der Waals surface area contributed by atoms with Crippen molar-refractivity contribution in [3.63, 3.8) is 0 Å². The van der Waals surface area contributed by atoms with E-state index in [-0.39, 0.29) is 0 Å². The minimum Gasteiger partial charge on any atom is -0.253 e. The van der Waals surface area contributed by atoms with Crippen LogP contribution in [0.1, 0.15) is 56.4 Å². The lowest BCUT2D eigenvalue weighted by molar-refractivity contribution is 0.820. The van der Waals surface area contributed by atoms with E-state index < -0.39 is 0 Å². The Kier molecular flexibility index (Phi) is 3.14. The van der Waals surface area contributed by atoms with Crippen LogP contribution in [0.4, 0.5) is 0 Å². The van der Waals surface area contributed by atoms with Crippen molar-refractivity contribution >= 4 is 11.0 Å². The fourth-order valence-electron chi connectivity index (χ4n) is 2.09. The van der Waals surface area contributed by atoms with Gasteiger partial charge in [0.05, 0.1) is 16.7 Å². The average molecular weight is 228 g/mol. The predicted molar refractivity (Wildman–Crippen MR) is 72.5 cm³/mol. The molecule has 0 spiro atoms. The van der Waals surface area contributed by atoms with Crippen LogP contribution in [0.2, 0.25) is 0 Å². The highest BCUT2D eigenvalue weighted by Crippen LogP contribution is 2.24. The van der Waals surface area contributed by atoms with E-state index in [1.165, 1.54) is 11.1 Å². The van der Waals surface area contributed by atoms with E-state index in [9.17, 15) is 0 Å². The van der Waals surface area contributed by atoms with Crippen LogP contribution in [0.3, 0.4) is 0 Å². The SMILES string of the molecule is Cc1cc2nc(C(C)C)cnc2cc1C(C)C. The Bertz CT molecular complexity index is 542. The Morgan fingerprint density at radius 2 is 1.65 bits per heavy atom. The highest BCUT2D eigenvalue weighted by molar-refractivity contribution is 5.76. The van der Waals surface area contributed by atoms with Gasteiger partial charge >= 0.3 is 0 Å². The van der Waals surface area contributed by atoms with Crippen LogP contribution in [0.5, 0.6) is 0 Å². The van der Waals surface area contributed by atoms with Gasteiger partial charge in [0.2, 0.25) is 0 Å². The summed E-state index contributed by atoms with van der Waals surface area (Å²) in [5.41, 5.74) is 5.75. The second-order valence-electron chi connectivity index (χ2n) is 5.30. The van der Waals surface area contributed by atoms with E-state index in [2.05, 4.69) is 56.7 Å². The van der Waals surface area contributed by atoms with Gasteiger partial charge < -0.3 is 0 Å². The molecule has 0 aliphatic carbocycles. The number of aromatic nitrogens is 2. The highest BCUT2D eigenvalue weighted by Gasteiger charge is 2.08. The lowest BCUT2D eigenvalue weighted by Crippen LogP contribution is -1.98. The molecule has 2 nitrogen and oxygen atoms in total. The Balaban J connectivity index is 2.62. The van der Waals surface area contributed by atoms with Gasteiger partial charge in [-0.25, -0.2) is 4.98 Å². The van der Waals surface area contributed by atoms with Crippen molar-refractivity contribution < 1.29 is 0 Å². The standard InChI is InChI=1S/C15H20N2/c1-9(2)12-7-13-14(6-11(12)5)17-15(8-16-13)10(3)4/h6-10H,1-5H3. The Morgan fingerprint density at radius 1 is 0.941 bits per heavy atom. The summed E-state index contributed by atoms with van der Waals surface area (Å²) in [7, 11) is 0. The number of aryl methyl sites for hydroxylation is 1. The second kappa shape index (κ2) is 4.44. The first-order valence-electron chi connectivity index (χ1n) is 6.26. The van der Waals surface area contributed by atoms with Gasteiger partial charge in [-0.15, -0.1) is 0 Å². The number of hydrogen-bond acceptors (Lipinski definition) is 2. The summed E-state index contributed by atoms with van der Waals surface area (Å²) in [4.78, 5) is 9.20. The molecule has 0 radical (unpaired) electrons. The van der Waals surface area contributed by atoms with Crippen molar-refractivity contribution in [3.05, 3.63) is 35.2 Å². The molecule has 0 saturated heterocycles. The second-order valence-corrected chi connectivity index (χ2v) is 5.30. The third kappa shape index (κ3) is 2.31. The van der Waals surface area contributed by atoms with Crippen LogP contribution in [0.25, 0.3) is 11.0 Å². The first-order valence-corrected chi connectivity index (χ1v) is 6.26. The molecule has 2 rings (SSSR count). The van der Waals surface area contributed by atoms with Crippen LogP contribution in [-0.4, -0.2) is 9.97 Å². The van der Waals surface area contributed by atoms with Crippen molar-refractivity contribution in [2.75, 3.05) is 0 Å². The maximum atomic E-state index is 4.67. The minimum atomic E-state index is 0.428. The molecule has 1 aromatic carbocycles. The fourth-order valence-corrected chi connectivity index (χ4v) is 2.09. The summed E-state index contributed by atoms with van der Waals surface area (Å²) in [5, 5.41) is 0. The van der Waals surface area contributed by atoms with Gasteiger partial charge in [-0.3, -0.25) is 4.98 Å². The molecule has 0 saturated carbocycles. The zero-order valence-corrected chi connectivity index (χ0v) is 11.3. The van der Waals surface area contributed by atoms with E-state index in [0.29, 0.717) is 11.8 Å². The van der Waals surface area contributed by atoms with Gasteiger partial charge in [-0.2, -0.15) is 0 Å². The van der Waals surface area contributed by atoms with Crippen molar-refractivity contribution in [1.29, 1.82) is 0 Å². The van der Waals surface area contributed by atoms with Crippen LogP contribution in [-0.2, 0) is 0 Å². The van der Waals surface area contributed by atoms with E-state index in [1.807, 2.05) is 6.20 Å². The zero-order valence-electron chi connectivity index (χ0n) is 11.3. The van der Waals surface area contributed by atoms with Gasteiger partial charge in [0.1, 0.15) is 0 Å². The maximum Gasteiger partial charge on any atom is 0.0893 e.